The Balaban J connectivity index is 2.04. The summed E-state index contributed by atoms with van der Waals surface area (Å²) in [6.07, 6.45) is -1.68. The second kappa shape index (κ2) is 7.54. The molecule has 0 saturated heterocycles. The van der Waals surface area contributed by atoms with Gasteiger partial charge in [-0.1, -0.05) is 25.5 Å². The first kappa shape index (κ1) is 18.8. The third-order valence-corrected chi connectivity index (χ3v) is 3.64. The number of halogens is 3. The van der Waals surface area contributed by atoms with Gasteiger partial charge in [0.05, 0.1) is 0 Å². The molecule has 0 aliphatic heterocycles. The van der Waals surface area contributed by atoms with Crippen LogP contribution >= 0.6 is 0 Å². The van der Waals surface area contributed by atoms with Crippen molar-refractivity contribution in [1.29, 1.82) is 0 Å². The summed E-state index contributed by atoms with van der Waals surface area (Å²) in [6, 6.07) is 7.18. The lowest BCUT2D eigenvalue weighted by molar-refractivity contribution is -0.147. The van der Waals surface area contributed by atoms with E-state index in [1.165, 1.54) is 0 Å². The lowest BCUT2D eigenvalue weighted by atomic mass is 10.1. The molecular weight excluding hydrogens is 337 g/mol. The number of aromatic nitrogens is 3. The number of aryl methyl sites for hydroxylation is 1. The molecule has 0 aliphatic carbocycles. The Morgan fingerprint density at radius 2 is 1.88 bits per heavy atom. The van der Waals surface area contributed by atoms with Crippen molar-refractivity contribution >= 4 is 11.6 Å². The van der Waals surface area contributed by atoms with Gasteiger partial charge in [-0.15, -0.1) is 5.10 Å². The van der Waals surface area contributed by atoms with E-state index in [0.29, 0.717) is 14.9 Å². The first-order chi connectivity index (χ1) is 11.7. The van der Waals surface area contributed by atoms with Gasteiger partial charge >= 0.3 is 11.9 Å². The number of hydrogen-bond acceptors (Lipinski definition) is 3. The molecule has 0 atom stereocenters. The van der Waals surface area contributed by atoms with Gasteiger partial charge in [-0.05, 0) is 30.5 Å². The Morgan fingerprint density at radius 3 is 2.40 bits per heavy atom. The van der Waals surface area contributed by atoms with Crippen LogP contribution in [0.5, 0.6) is 0 Å². The number of nitrogens with one attached hydrogen (secondary N) is 1. The van der Waals surface area contributed by atoms with Gasteiger partial charge in [0.25, 0.3) is 0 Å². The fourth-order valence-corrected chi connectivity index (χ4v) is 2.31. The van der Waals surface area contributed by atoms with E-state index in [0.717, 1.165) is 31.9 Å². The summed E-state index contributed by atoms with van der Waals surface area (Å²) in [4.78, 5) is 23.7. The van der Waals surface area contributed by atoms with Gasteiger partial charge in [-0.25, -0.2) is 9.48 Å². The van der Waals surface area contributed by atoms with E-state index in [1.807, 2.05) is 12.1 Å². The lowest BCUT2D eigenvalue weighted by Crippen LogP contribution is -2.29. The maximum absolute atomic E-state index is 12.7. The summed E-state index contributed by atoms with van der Waals surface area (Å²) in [5.41, 5.74) is 0.637. The van der Waals surface area contributed by atoms with E-state index in [1.54, 1.807) is 12.1 Å². The minimum atomic E-state index is -4.76. The van der Waals surface area contributed by atoms with Crippen LogP contribution < -0.4 is 11.0 Å². The summed E-state index contributed by atoms with van der Waals surface area (Å²) in [7, 11) is 0.960. The molecule has 0 unspecified atom stereocenters. The summed E-state index contributed by atoms with van der Waals surface area (Å²) < 4.78 is 39.0. The van der Waals surface area contributed by atoms with Crippen molar-refractivity contribution < 1.29 is 18.0 Å². The van der Waals surface area contributed by atoms with Gasteiger partial charge in [0.15, 0.2) is 0 Å². The zero-order valence-electron chi connectivity index (χ0n) is 13.9. The molecule has 0 bridgehead atoms. The Kier molecular flexibility index (Phi) is 5.66. The number of benzene rings is 1. The second-order valence-corrected chi connectivity index (χ2v) is 5.67. The van der Waals surface area contributed by atoms with Crippen LogP contribution in [0.4, 0.5) is 18.9 Å². The van der Waals surface area contributed by atoms with E-state index in [9.17, 15) is 22.8 Å². The Bertz CT molecular complexity index is 791. The van der Waals surface area contributed by atoms with Crippen molar-refractivity contribution in [2.24, 2.45) is 7.05 Å². The van der Waals surface area contributed by atoms with Crippen molar-refractivity contribution in [3.05, 3.63) is 46.1 Å². The van der Waals surface area contributed by atoms with Crippen LogP contribution in [0.1, 0.15) is 31.2 Å². The molecule has 0 fully saturated rings. The minimum Gasteiger partial charge on any atom is -0.324 e. The molecule has 1 heterocycles. The number of hydrogen-bond donors (Lipinski definition) is 1. The molecule has 2 rings (SSSR count). The van der Waals surface area contributed by atoms with E-state index >= 15 is 0 Å². The van der Waals surface area contributed by atoms with E-state index < -0.39 is 30.1 Å². The molecule has 1 amide bonds. The number of carbonyl (C=O) groups excluding carboxylic acids is 1. The summed E-state index contributed by atoms with van der Waals surface area (Å²) >= 11 is 0. The van der Waals surface area contributed by atoms with Crippen molar-refractivity contribution in [3.8, 4) is 0 Å². The molecular formula is C16H19F3N4O2. The quantitative estimate of drug-likeness (QED) is 0.865. The van der Waals surface area contributed by atoms with Gasteiger partial charge in [0.1, 0.15) is 6.54 Å². The Labute approximate surface area is 142 Å². The highest BCUT2D eigenvalue weighted by atomic mass is 19.4. The third kappa shape index (κ3) is 4.71. The monoisotopic (exact) mass is 356 g/mol. The van der Waals surface area contributed by atoms with Crippen molar-refractivity contribution in [1.82, 2.24) is 14.3 Å². The van der Waals surface area contributed by atoms with Crippen molar-refractivity contribution in [2.75, 3.05) is 5.32 Å². The molecule has 0 spiro atoms. The molecule has 1 aromatic heterocycles. The van der Waals surface area contributed by atoms with Gasteiger partial charge in [-0.3, -0.25) is 9.36 Å². The van der Waals surface area contributed by atoms with Gasteiger partial charge < -0.3 is 5.32 Å². The highest BCUT2D eigenvalue weighted by Gasteiger charge is 2.38. The Morgan fingerprint density at radius 1 is 1.24 bits per heavy atom. The summed E-state index contributed by atoms with van der Waals surface area (Å²) in [6.45, 7) is 1.50. The molecule has 1 aromatic carbocycles. The zero-order chi connectivity index (χ0) is 18.6. The predicted octanol–water partition coefficient (Wildman–Crippen LogP) is 2.58. The number of alkyl halides is 3. The zero-order valence-corrected chi connectivity index (χ0v) is 13.9. The van der Waals surface area contributed by atoms with Crippen LogP contribution in [-0.4, -0.2) is 20.3 Å². The van der Waals surface area contributed by atoms with Crippen LogP contribution in [0, 0.1) is 0 Å². The smallest absolute Gasteiger partial charge is 0.324 e. The van der Waals surface area contributed by atoms with Gasteiger partial charge in [0.2, 0.25) is 11.7 Å². The van der Waals surface area contributed by atoms with Gasteiger partial charge in [-0.2, -0.15) is 13.2 Å². The average molecular weight is 356 g/mol. The molecule has 0 saturated carbocycles. The number of nitrogens with zero attached hydrogens (tertiary/aromatic N) is 3. The van der Waals surface area contributed by atoms with E-state index in [2.05, 4.69) is 17.3 Å². The highest BCUT2D eigenvalue weighted by molar-refractivity contribution is 5.90. The molecule has 9 heteroatoms. The number of carbonyl (C=O) groups is 1. The SMILES string of the molecule is CCCCc1ccc(NC(=O)Cn2nc(C(F)(F)F)n(C)c2=O)cc1. The predicted molar refractivity (Wildman–Crippen MR) is 86.2 cm³/mol. The number of amides is 1. The fraction of sp³-hybridized carbons (Fsp3) is 0.438. The number of unbranched alkanes of at least 4 members (excludes halogenated alkanes) is 1. The molecule has 136 valence electrons. The van der Waals surface area contributed by atoms with Crippen LogP contribution in [0.25, 0.3) is 0 Å². The van der Waals surface area contributed by atoms with E-state index in [-0.39, 0.29) is 0 Å². The van der Waals surface area contributed by atoms with Crippen LogP contribution in [0.3, 0.4) is 0 Å². The third-order valence-electron chi connectivity index (χ3n) is 3.64. The van der Waals surface area contributed by atoms with Gasteiger partial charge in [0, 0.05) is 12.7 Å². The van der Waals surface area contributed by atoms with E-state index in [4.69, 9.17) is 0 Å². The largest absolute Gasteiger partial charge is 0.451 e. The molecule has 6 nitrogen and oxygen atoms in total. The Hall–Kier alpha value is -2.58. The maximum atomic E-state index is 12.7. The fourth-order valence-electron chi connectivity index (χ4n) is 2.31. The van der Waals surface area contributed by atoms with Crippen LogP contribution in [0.15, 0.2) is 29.1 Å². The molecule has 25 heavy (non-hydrogen) atoms. The lowest BCUT2D eigenvalue weighted by Gasteiger charge is -2.06. The summed E-state index contributed by atoms with van der Waals surface area (Å²) in [5, 5.41) is 5.73. The van der Waals surface area contributed by atoms with Crippen LogP contribution in [0.2, 0.25) is 0 Å². The summed E-state index contributed by atoms with van der Waals surface area (Å²) in [5.74, 6) is -1.97. The minimum absolute atomic E-state index is 0.371. The average Bonchev–Trinajstić information content (AvgIpc) is 2.82. The maximum Gasteiger partial charge on any atom is 0.451 e. The standard InChI is InChI=1S/C16H19F3N4O2/c1-3-4-5-11-6-8-12(9-7-11)20-13(24)10-23-15(25)22(2)14(21-23)16(17,18)19/h6-9H,3-5,10H2,1-2H3,(H,20,24). The molecule has 0 aliphatic rings. The number of anilines is 1. The number of rotatable bonds is 6. The highest BCUT2D eigenvalue weighted by Crippen LogP contribution is 2.25. The first-order valence-electron chi connectivity index (χ1n) is 7.82. The topological polar surface area (TPSA) is 68.9 Å². The van der Waals surface area contributed by atoms with Crippen molar-refractivity contribution in [2.45, 2.75) is 38.9 Å². The van der Waals surface area contributed by atoms with Crippen molar-refractivity contribution in [3.63, 3.8) is 0 Å². The molecule has 0 radical (unpaired) electrons. The molecule has 2 aromatic rings. The normalized spacial score (nSPS) is 11.6. The molecule has 1 N–H and O–H groups in total. The first-order valence-corrected chi connectivity index (χ1v) is 7.82. The van der Waals surface area contributed by atoms with Crippen LogP contribution in [-0.2, 0) is 31.0 Å². The second-order valence-electron chi connectivity index (χ2n) is 5.67.